The quantitative estimate of drug-likeness (QED) is 0.124. The van der Waals surface area contributed by atoms with Gasteiger partial charge in [0, 0.05) is 47.9 Å². The van der Waals surface area contributed by atoms with Gasteiger partial charge in [-0.25, -0.2) is 0 Å². The number of hydrogen-bond donors (Lipinski definition) is 0. The highest BCUT2D eigenvalue weighted by atomic mass is 28.4. The fourth-order valence-corrected chi connectivity index (χ4v) is 20.6. The minimum Gasteiger partial charge on any atom is -0.469 e. The summed E-state index contributed by atoms with van der Waals surface area (Å²) in [5, 5.41) is 0. The SMILES string of the molecule is CC[Si](CO[Si](C)(C)CC)(CO[Si](C)(C)CC)CO[Si](C)(C)CC(C)(C)C[Si](C)(C)C.COC.COC(C)=O.c1ccccc1.c1ccccc1. The van der Waals surface area contributed by atoms with Crippen LogP contribution in [0.3, 0.4) is 0 Å². The second-order valence-electron chi connectivity index (χ2n) is 17.2. The molecule has 0 radical (unpaired) electrons. The van der Waals surface area contributed by atoms with Gasteiger partial charge in [0.15, 0.2) is 25.0 Å². The van der Waals surface area contributed by atoms with Gasteiger partial charge in [0.05, 0.1) is 7.11 Å². The number of carbonyl (C=O) groups excluding carboxylic acids is 1. The Hall–Kier alpha value is -1.17. The van der Waals surface area contributed by atoms with E-state index in [9.17, 15) is 4.79 Å². The van der Waals surface area contributed by atoms with Gasteiger partial charge >= 0.3 is 5.97 Å². The number of benzene rings is 2. The summed E-state index contributed by atoms with van der Waals surface area (Å²) in [5.74, 6) is -0.245. The molecule has 11 heteroatoms. The van der Waals surface area contributed by atoms with Crippen molar-refractivity contribution in [1.29, 1.82) is 0 Å². The summed E-state index contributed by atoms with van der Waals surface area (Å²) in [6, 6.07) is 30.1. The minimum absolute atomic E-state index is 0.245. The van der Waals surface area contributed by atoms with Crippen LogP contribution in [-0.4, -0.2) is 87.1 Å². The smallest absolute Gasteiger partial charge is 0.302 e. The largest absolute Gasteiger partial charge is 0.469 e. The van der Waals surface area contributed by atoms with Gasteiger partial charge in [0.25, 0.3) is 0 Å². The monoisotopic (exact) mass is 798 g/mol. The maximum atomic E-state index is 9.59. The van der Waals surface area contributed by atoms with Gasteiger partial charge in [0.1, 0.15) is 8.07 Å². The number of ether oxygens (including phenoxy) is 2. The summed E-state index contributed by atoms with van der Waals surface area (Å²) in [4.78, 5) is 9.59. The van der Waals surface area contributed by atoms with Crippen LogP contribution in [0, 0.1) is 5.41 Å². The van der Waals surface area contributed by atoms with E-state index in [0.29, 0.717) is 5.41 Å². The maximum absolute atomic E-state index is 9.59. The predicted molar refractivity (Wildman–Crippen MR) is 238 cm³/mol. The van der Waals surface area contributed by atoms with Crippen molar-refractivity contribution in [2.24, 2.45) is 5.41 Å². The van der Waals surface area contributed by atoms with Crippen molar-refractivity contribution < 1.29 is 27.5 Å². The summed E-state index contributed by atoms with van der Waals surface area (Å²) in [7, 11) is -3.21. The van der Waals surface area contributed by atoms with Crippen LogP contribution in [0.15, 0.2) is 72.8 Å². The number of esters is 1. The van der Waals surface area contributed by atoms with E-state index in [1.807, 2.05) is 72.8 Å². The highest BCUT2D eigenvalue weighted by Crippen LogP contribution is 2.37. The van der Waals surface area contributed by atoms with E-state index in [1.54, 1.807) is 14.2 Å². The lowest BCUT2D eigenvalue weighted by molar-refractivity contribution is -0.137. The second-order valence-corrected chi connectivity index (χ2v) is 40.4. The maximum Gasteiger partial charge on any atom is 0.302 e. The molecule has 0 aliphatic heterocycles. The van der Waals surface area contributed by atoms with Crippen molar-refractivity contribution in [1.82, 2.24) is 0 Å². The first-order chi connectivity index (χ1) is 23.4. The molecule has 0 aromatic heterocycles. The zero-order valence-corrected chi connectivity index (χ0v) is 41.5. The molecule has 0 atom stereocenters. The Morgan fingerprint density at radius 3 is 0.961 bits per heavy atom. The van der Waals surface area contributed by atoms with Crippen molar-refractivity contribution >= 4 is 47.1 Å². The van der Waals surface area contributed by atoms with Crippen molar-refractivity contribution in [3.05, 3.63) is 72.8 Å². The third-order valence-corrected chi connectivity index (χ3v) is 22.9. The molecular formula is C40H82O6Si5. The molecule has 298 valence electrons. The Kier molecular flexibility index (Phi) is 30.1. The molecule has 0 saturated heterocycles. The molecular weight excluding hydrogens is 717 g/mol. The number of rotatable bonds is 16. The minimum atomic E-state index is -1.81. The molecule has 2 aromatic carbocycles. The Bertz CT molecular complexity index is 973. The first-order valence-corrected chi connectivity index (χ1v) is 34.6. The molecule has 0 aliphatic carbocycles. The zero-order valence-electron chi connectivity index (χ0n) is 36.5. The van der Waals surface area contributed by atoms with Gasteiger partial charge in [-0.2, -0.15) is 0 Å². The van der Waals surface area contributed by atoms with Crippen LogP contribution in [0.1, 0.15) is 41.5 Å². The number of hydrogen-bond acceptors (Lipinski definition) is 6. The van der Waals surface area contributed by atoms with Crippen LogP contribution in [0.2, 0.25) is 89.1 Å². The molecule has 0 unspecified atom stereocenters. The normalized spacial score (nSPS) is 12.0. The Balaban J connectivity index is -0.000000910. The number of carbonyl (C=O) groups is 1. The van der Waals surface area contributed by atoms with Crippen molar-refractivity contribution in [3.8, 4) is 0 Å². The second kappa shape index (κ2) is 28.3. The average molecular weight is 800 g/mol. The Labute approximate surface area is 322 Å². The zero-order chi connectivity index (χ0) is 40.3. The van der Waals surface area contributed by atoms with E-state index < -0.39 is 41.1 Å². The predicted octanol–water partition coefficient (Wildman–Crippen LogP) is 12.0. The van der Waals surface area contributed by atoms with Crippen molar-refractivity contribution in [3.63, 3.8) is 0 Å². The standard InChI is InChI=1S/C23H58O3Si5.2C6H6.C3H6O2.C2H6O/c1-15-28(9,10)24-20-31(17-3,21-25-29(11,12)16-2)22-26-30(13,14)19-23(4,5)18-27(6,7)8;2*1-2-4-6-5-3-1;1-3(4)5-2;1-3-2/h15-22H2,1-14H3;2*1-6H;1-2H3;1-2H3. The van der Waals surface area contributed by atoms with Gasteiger partial charge in [-0.15, -0.1) is 0 Å². The third kappa shape index (κ3) is 35.6. The van der Waals surface area contributed by atoms with Crippen LogP contribution in [-0.2, 0) is 27.5 Å². The fourth-order valence-electron chi connectivity index (χ4n) is 5.15. The fraction of sp³-hybridized carbons (Fsp3) is 0.675. The molecule has 51 heavy (non-hydrogen) atoms. The molecule has 2 aromatic rings. The molecule has 0 heterocycles. The third-order valence-electron chi connectivity index (χ3n) is 8.29. The van der Waals surface area contributed by atoms with Gasteiger partial charge in [0.2, 0.25) is 0 Å². The lowest BCUT2D eigenvalue weighted by atomic mass is 10.00. The van der Waals surface area contributed by atoms with Gasteiger partial charge in [-0.05, 0) is 62.8 Å². The van der Waals surface area contributed by atoms with Gasteiger partial charge in [-0.3, -0.25) is 4.79 Å². The van der Waals surface area contributed by atoms with E-state index in [2.05, 4.69) is 103 Å². The van der Waals surface area contributed by atoms with Crippen LogP contribution in [0.25, 0.3) is 0 Å². The molecule has 0 aliphatic rings. The average Bonchev–Trinajstić information content (AvgIpc) is 3.06. The molecule has 0 bridgehead atoms. The highest BCUT2D eigenvalue weighted by Gasteiger charge is 2.41. The van der Waals surface area contributed by atoms with Crippen LogP contribution in [0.4, 0.5) is 0 Å². The molecule has 2 rings (SSSR count). The summed E-state index contributed by atoms with van der Waals surface area (Å²) in [6.07, 6.45) is 2.73. The highest BCUT2D eigenvalue weighted by molar-refractivity contribution is 6.83. The van der Waals surface area contributed by atoms with E-state index in [0.717, 1.165) is 18.7 Å². The van der Waals surface area contributed by atoms with E-state index in [4.69, 9.17) is 13.3 Å². The van der Waals surface area contributed by atoms with E-state index in [-0.39, 0.29) is 5.97 Å². The van der Waals surface area contributed by atoms with Crippen LogP contribution >= 0.6 is 0 Å². The van der Waals surface area contributed by atoms with Crippen LogP contribution < -0.4 is 0 Å². The molecule has 0 amide bonds. The summed E-state index contributed by atoms with van der Waals surface area (Å²) in [5.41, 5.74) is 0.373. The number of methoxy groups -OCH3 is 2. The van der Waals surface area contributed by atoms with Crippen molar-refractivity contribution in [2.75, 3.05) is 40.0 Å². The first kappa shape index (κ1) is 54.2. The summed E-state index contributed by atoms with van der Waals surface area (Å²) in [6.45, 7) is 35.0. The Morgan fingerprint density at radius 2 is 0.765 bits per heavy atom. The summed E-state index contributed by atoms with van der Waals surface area (Å²) < 4.78 is 28.6. The van der Waals surface area contributed by atoms with E-state index in [1.165, 1.54) is 44.3 Å². The molecule has 0 fully saturated rings. The molecule has 0 N–H and O–H groups in total. The lowest BCUT2D eigenvalue weighted by Crippen LogP contribution is -2.56. The van der Waals surface area contributed by atoms with Gasteiger partial charge < -0.3 is 22.8 Å². The molecule has 0 saturated carbocycles. The first-order valence-electron chi connectivity index (χ1n) is 18.8. The summed E-state index contributed by atoms with van der Waals surface area (Å²) >= 11 is 0. The Morgan fingerprint density at radius 1 is 0.510 bits per heavy atom. The molecule has 0 spiro atoms. The van der Waals surface area contributed by atoms with Crippen LogP contribution in [0.5, 0.6) is 0 Å². The topological polar surface area (TPSA) is 63.2 Å². The van der Waals surface area contributed by atoms with Gasteiger partial charge in [-0.1, -0.05) is 139 Å². The van der Waals surface area contributed by atoms with E-state index >= 15 is 0 Å². The van der Waals surface area contributed by atoms with Crippen molar-refractivity contribution in [2.45, 2.75) is 131 Å². The lowest BCUT2D eigenvalue weighted by Gasteiger charge is -2.40. The molecule has 6 nitrogen and oxygen atoms in total.